The quantitative estimate of drug-likeness (QED) is 0.757. The van der Waals surface area contributed by atoms with Crippen LogP contribution < -0.4 is 5.73 Å². The van der Waals surface area contributed by atoms with Crippen LogP contribution in [-0.4, -0.2) is 36.7 Å². The van der Waals surface area contributed by atoms with Crippen LogP contribution in [0.15, 0.2) is 30.3 Å². The third kappa shape index (κ3) is 4.94. The first-order valence-corrected chi connectivity index (χ1v) is 7.18. The maximum absolute atomic E-state index is 10.7. The summed E-state index contributed by atoms with van der Waals surface area (Å²) < 4.78 is 0. The number of hydrogen-bond acceptors (Lipinski definition) is 3. The minimum atomic E-state index is -0.912. The number of nitrogens with two attached hydrogens (primary N) is 1. The predicted molar refractivity (Wildman–Crippen MR) is 81.0 cm³/mol. The molecule has 0 bridgehead atoms. The first-order valence-electron chi connectivity index (χ1n) is 7.18. The standard InChI is InChI=1S/C16H28N2O/c1-4-14(2)12-18(3)11-10-16(19,13-17)15-8-6-5-7-9-15/h5-9,14,19H,4,10-13,17H2,1-3H3. The van der Waals surface area contributed by atoms with E-state index >= 15 is 0 Å². The minimum Gasteiger partial charge on any atom is -0.384 e. The van der Waals surface area contributed by atoms with E-state index in [1.54, 1.807) is 0 Å². The molecule has 2 atom stereocenters. The number of nitrogens with zero attached hydrogens (tertiary/aromatic N) is 1. The zero-order valence-electron chi connectivity index (χ0n) is 12.5. The van der Waals surface area contributed by atoms with Gasteiger partial charge in [0.15, 0.2) is 0 Å². The Morgan fingerprint density at radius 2 is 1.95 bits per heavy atom. The summed E-state index contributed by atoms with van der Waals surface area (Å²) >= 11 is 0. The van der Waals surface area contributed by atoms with Gasteiger partial charge in [-0.2, -0.15) is 0 Å². The fraction of sp³-hybridized carbons (Fsp3) is 0.625. The van der Waals surface area contributed by atoms with Crippen molar-refractivity contribution < 1.29 is 5.11 Å². The van der Waals surface area contributed by atoms with Gasteiger partial charge in [-0.25, -0.2) is 0 Å². The number of rotatable bonds is 8. The van der Waals surface area contributed by atoms with E-state index in [-0.39, 0.29) is 6.54 Å². The molecular formula is C16H28N2O. The lowest BCUT2D eigenvalue weighted by molar-refractivity contribution is 0.0270. The van der Waals surface area contributed by atoms with Gasteiger partial charge in [0.05, 0.1) is 0 Å². The molecule has 0 aliphatic rings. The van der Waals surface area contributed by atoms with Crippen LogP contribution in [0, 0.1) is 5.92 Å². The molecule has 0 aliphatic carbocycles. The Hall–Kier alpha value is -0.900. The largest absolute Gasteiger partial charge is 0.384 e. The Morgan fingerprint density at radius 3 is 2.47 bits per heavy atom. The van der Waals surface area contributed by atoms with Gasteiger partial charge in [-0.15, -0.1) is 0 Å². The zero-order chi connectivity index (χ0) is 14.3. The molecule has 3 heteroatoms. The average Bonchev–Trinajstić information content (AvgIpc) is 2.45. The highest BCUT2D eigenvalue weighted by Gasteiger charge is 2.27. The second-order valence-electron chi connectivity index (χ2n) is 5.63. The summed E-state index contributed by atoms with van der Waals surface area (Å²) in [6.45, 7) is 6.63. The minimum absolute atomic E-state index is 0.258. The SMILES string of the molecule is CCC(C)CN(C)CCC(O)(CN)c1ccccc1. The molecule has 3 nitrogen and oxygen atoms in total. The highest BCUT2D eigenvalue weighted by molar-refractivity contribution is 5.22. The van der Waals surface area contributed by atoms with Crippen molar-refractivity contribution in [3.63, 3.8) is 0 Å². The Balaban J connectivity index is 2.57. The van der Waals surface area contributed by atoms with Crippen LogP contribution in [0.5, 0.6) is 0 Å². The van der Waals surface area contributed by atoms with Crippen molar-refractivity contribution in [3.05, 3.63) is 35.9 Å². The second-order valence-corrected chi connectivity index (χ2v) is 5.63. The monoisotopic (exact) mass is 264 g/mol. The third-order valence-corrected chi connectivity index (χ3v) is 3.88. The first-order chi connectivity index (χ1) is 9.01. The van der Waals surface area contributed by atoms with Gasteiger partial charge in [0.25, 0.3) is 0 Å². The first kappa shape index (κ1) is 16.2. The Labute approximate surface area is 117 Å². The van der Waals surface area contributed by atoms with Gasteiger partial charge in [-0.1, -0.05) is 50.6 Å². The summed E-state index contributed by atoms with van der Waals surface area (Å²) in [5.41, 5.74) is 5.78. The molecule has 0 aliphatic heterocycles. The van der Waals surface area contributed by atoms with Gasteiger partial charge in [0.1, 0.15) is 5.60 Å². The molecule has 0 radical (unpaired) electrons. The lowest BCUT2D eigenvalue weighted by Crippen LogP contribution is -2.39. The number of hydrogen-bond donors (Lipinski definition) is 2. The molecule has 0 amide bonds. The molecule has 0 fully saturated rings. The molecule has 1 aromatic carbocycles. The van der Waals surface area contributed by atoms with Crippen molar-refractivity contribution in [1.82, 2.24) is 4.90 Å². The molecule has 108 valence electrons. The lowest BCUT2D eigenvalue weighted by Gasteiger charge is -2.30. The highest BCUT2D eigenvalue weighted by Crippen LogP contribution is 2.24. The predicted octanol–water partition coefficient (Wildman–Crippen LogP) is 2.20. The van der Waals surface area contributed by atoms with E-state index in [9.17, 15) is 5.11 Å². The van der Waals surface area contributed by atoms with E-state index in [1.807, 2.05) is 30.3 Å². The average molecular weight is 264 g/mol. The molecule has 2 unspecified atom stereocenters. The summed E-state index contributed by atoms with van der Waals surface area (Å²) in [6.07, 6.45) is 1.85. The van der Waals surface area contributed by atoms with Crippen LogP contribution in [0.2, 0.25) is 0 Å². The second kappa shape index (κ2) is 7.63. The summed E-state index contributed by atoms with van der Waals surface area (Å²) in [7, 11) is 2.11. The van der Waals surface area contributed by atoms with Gasteiger partial charge < -0.3 is 15.7 Å². The van der Waals surface area contributed by atoms with E-state index in [1.165, 1.54) is 6.42 Å². The summed E-state index contributed by atoms with van der Waals surface area (Å²) in [4.78, 5) is 2.28. The number of benzene rings is 1. The van der Waals surface area contributed by atoms with Gasteiger partial charge in [-0.05, 0) is 24.9 Å². The zero-order valence-corrected chi connectivity index (χ0v) is 12.5. The van der Waals surface area contributed by atoms with E-state index in [2.05, 4.69) is 25.8 Å². The molecule has 1 aromatic rings. The van der Waals surface area contributed by atoms with Crippen LogP contribution in [0.4, 0.5) is 0 Å². The van der Waals surface area contributed by atoms with Crippen molar-refractivity contribution in [2.75, 3.05) is 26.7 Å². The lowest BCUT2D eigenvalue weighted by atomic mass is 9.90. The van der Waals surface area contributed by atoms with Crippen LogP contribution in [0.3, 0.4) is 0 Å². The summed E-state index contributed by atoms with van der Waals surface area (Å²) in [5, 5.41) is 10.7. The summed E-state index contributed by atoms with van der Waals surface area (Å²) in [6, 6.07) is 9.73. The van der Waals surface area contributed by atoms with Crippen LogP contribution in [-0.2, 0) is 5.60 Å². The topological polar surface area (TPSA) is 49.5 Å². The molecule has 0 saturated heterocycles. The van der Waals surface area contributed by atoms with Crippen LogP contribution in [0.1, 0.15) is 32.3 Å². The summed E-state index contributed by atoms with van der Waals surface area (Å²) in [5.74, 6) is 0.688. The van der Waals surface area contributed by atoms with Crippen molar-refractivity contribution in [1.29, 1.82) is 0 Å². The van der Waals surface area contributed by atoms with E-state index in [0.717, 1.165) is 18.7 Å². The van der Waals surface area contributed by atoms with Gasteiger partial charge in [-0.3, -0.25) is 0 Å². The van der Waals surface area contributed by atoms with Crippen molar-refractivity contribution >= 4 is 0 Å². The number of aliphatic hydroxyl groups is 1. The fourth-order valence-electron chi connectivity index (χ4n) is 2.24. The molecule has 0 spiro atoms. The van der Waals surface area contributed by atoms with Crippen molar-refractivity contribution in [2.24, 2.45) is 11.7 Å². The van der Waals surface area contributed by atoms with Crippen LogP contribution in [0.25, 0.3) is 0 Å². The molecule has 19 heavy (non-hydrogen) atoms. The van der Waals surface area contributed by atoms with Gasteiger partial charge >= 0.3 is 0 Å². The van der Waals surface area contributed by atoms with Gasteiger partial charge in [0, 0.05) is 19.6 Å². The van der Waals surface area contributed by atoms with Crippen LogP contribution >= 0.6 is 0 Å². The normalized spacial score (nSPS) is 16.3. The Bertz CT molecular complexity index is 355. The van der Waals surface area contributed by atoms with Crippen molar-refractivity contribution in [2.45, 2.75) is 32.3 Å². The highest BCUT2D eigenvalue weighted by atomic mass is 16.3. The molecule has 3 N–H and O–H groups in total. The van der Waals surface area contributed by atoms with E-state index in [4.69, 9.17) is 5.73 Å². The fourth-order valence-corrected chi connectivity index (χ4v) is 2.24. The van der Waals surface area contributed by atoms with E-state index in [0.29, 0.717) is 12.3 Å². The maximum atomic E-state index is 10.7. The Kier molecular flexibility index (Phi) is 6.49. The maximum Gasteiger partial charge on any atom is 0.103 e. The molecule has 1 rings (SSSR count). The van der Waals surface area contributed by atoms with Gasteiger partial charge in [0.2, 0.25) is 0 Å². The molecule has 0 heterocycles. The smallest absolute Gasteiger partial charge is 0.103 e. The molecule has 0 aromatic heterocycles. The van der Waals surface area contributed by atoms with E-state index < -0.39 is 5.60 Å². The molecule has 0 saturated carbocycles. The van der Waals surface area contributed by atoms with Crippen molar-refractivity contribution in [3.8, 4) is 0 Å². The Morgan fingerprint density at radius 1 is 1.32 bits per heavy atom. The molecular weight excluding hydrogens is 236 g/mol. The third-order valence-electron chi connectivity index (χ3n) is 3.88.